The Labute approximate surface area is 588 Å². The van der Waals surface area contributed by atoms with E-state index in [4.69, 9.17) is 37.0 Å². The van der Waals surface area contributed by atoms with Crippen molar-refractivity contribution in [3.8, 4) is 0 Å². The molecule has 19 heteroatoms. The van der Waals surface area contributed by atoms with Crippen molar-refractivity contribution in [2.75, 3.05) is 39.6 Å². The molecule has 0 spiro atoms. The van der Waals surface area contributed by atoms with Crippen LogP contribution in [0.3, 0.4) is 0 Å². The summed E-state index contributed by atoms with van der Waals surface area (Å²) in [5, 5.41) is 10.6. The first-order valence-corrected chi connectivity index (χ1v) is 42.9. The zero-order chi connectivity index (χ0) is 70.9. The topological polar surface area (TPSA) is 237 Å². The van der Waals surface area contributed by atoms with Crippen molar-refractivity contribution in [1.29, 1.82) is 0 Å². The van der Waals surface area contributed by atoms with Crippen LogP contribution in [0.1, 0.15) is 395 Å². The van der Waals surface area contributed by atoms with Gasteiger partial charge in [0, 0.05) is 25.7 Å². The fraction of sp³-hybridized carbons (Fsp3) is 0.948. The highest BCUT2D eigenvalue weighted by Crippen LogP contribution is 2.45. The van der Waals surface area contributed by atoms with Gasteiger partial charge in [-0.05, 0) is 43.4 Å². The third-order valence-electron chi connectivity index (χ3n) is 18.6. The lowest BCUT2D eigenvalue weighted by molar-refractivity contribution is -0.161. The molecule has 0 aromatic carbocycles. The molecular formula is C77H150O17P2. The first kappa shape index (κ1) is 94.1. The summed E-state index contributed by atoms with van der Waals surface area (Å²) >= 11 is 0. The van der Waals surface area contributed by atoms with E-state index in [-0.39, 0.29) is 25.7 Å². The normalized spacial score (nSPS) is 14.6. The van der Waals surface area contributed by atoms with Crippen LogP contribution in [-0.2, 0) is 65.4 Å². The van der Waals surface area contributed by atoms with E-state index in [0.29, 0.717) is 25.7 Å². The SMILES string of the molecule is CCCCCCCCCC(=O)OC[C@H](COP(=O)(O)OC[C@H](O)COP(=O)(O)OC[C@@H](COC(=O)CCCCCCCCCCCCCCCCC(C)C)OC(=O)CCCCCCCCCCCCCCCCCCCCC(C)CC)OC(=O)CCCCCCCCC(C)CC. The second kappa shape index (κ2) is 67.5. The van der Waals surface area contributed by atoms with Crippen LogP contribution >= 0.6 is 15.6 Å². The van der Waals surface area contributed by atoms with E-state index in [1.165, 1.54) is 193 Å². The molecule has 0 bridgehead atoms. The predicted molar refractivity (Wildman–Crippen MR) is 391 cm³/mol. The van der Waals surface area contributed by atoms with Gasteiger partial charge < -0.3 is 33.8 Å². The summed E-state index contributed by atoms with van der Waals surface area (Å²) in [6, 6.07) is 0. The van der Waals surface area contributed by atoms with Gasteiger partial charge in [0.1, 0.15) is 19.3 Å². The number of phosphoric acid groups is 2. The number of phosphoric ester groups is 2. The van der Waals surface area contributed by atoms with Crippen molar-refractivity contribution in [3.63, 3.8) is 0 Å². The summed E-state index contributed by atoms with van der Waals surface area (Å²) in [4.78, 5) is 72.6. The molecule has 3 N–H and O–H groups in total. The van der Waals surface area contributed by atoms with Crippen molar-refractivity contribution in [2.24, 2.45) is 17.8 Å². The molecule has 0 heterocycles. The standard InChI is InChI=1S/C77H150O17P2/c1-8-11-12-13-34-44-51-58-74(79)87-64-73(94-77(82)61-54-47-40-39-43-50-57-70(7)10-3)67-92-96(85,86)90-63-71(78)62-89-95(83,84)91-66-72(65-88-75(80)59-52-45-37-32-28-24-21-20-22-26-30-35-41-48-55-68(4)5)93-76(81)60-53-46-38-33-29-25-19-17-15-14-16-18-23-27-31-36-42-49-56-69(6)9-2/h68-73,78H,8-67H2,1-7H3,(H,83,84)(H,85,86)/t69?,70?,71-,72-,73-/m1/s1. The summed E-state index contributed by atoms with van der Waals surface area (Å²) < 4.78 is 68.4. The van der Waals surface area contributed by atoms with Crippen molar-refractivity contribution < 1.29 is 80.2 Å². The number of rotatable bonds is 75. The number of carbonyl (C=O) groups excluding carboxylic acids is 4. The molecule has 0 saturated carbocycles. The molecule has 4 unspecified atom stereocenters. The van der Waals surface area contributed by atoms with E-state index in [9.17, 15) is 43.2 Å². The van der Waals surface area contributed by atoms with Gasteiger partial charge in [0.15, 0.2) is 12.2 Å². The Bertz CT molecular complexity index is 1870. The van der Waals surface area contributed by atoms with Gasteiger partial charge in [0.05, 0.1) is 26.4 Å². The van der Waals surface area contributed by atoms with E-state index >= 15 is 0 Å². The van der Waals surface area contributed by atoms with Crippen molar-refractivity contribution >= 4 is 39.5 Å². The zero-order valence-electron chi connectivity index (χ0n) is 62.8. The largest absolute Gasteiger partial charge is 0.472 e. The summed E-state index contributed by atoms with van der Waals surface area (Å²) in [5.74, 6) is 0.266. The van der Waals surface area contributed by atoms with E-state index in [1.54, 1.807) is 0 Å². The number of carbonyl (C=O) groups is 4. The fourth-order valence-electron chi connectivity index (χ4n) is 11.7. The molecule has 0 radical (unpaired) electrons. The van der Waals surface area contributed by atoms with Crippen LogP contribution in [0.2, 0.25) is 0 Å². The number of ether oxygens (including phenoxy) is 4. The van der Waals surface area contributed by atoms with Crippen molar-refractivity contribution in [1.82, 2.24) is 0 Å². The maximum Gasteiger partial charge on any atom is 0.472 e. The number of unbranched alkanes of at least 4 members (excludes halogenated alkanes) is 41. The average Bonchev–Trinajstić information content (AvgIpc) is 1.16. The molecule has 7 atom stereocenters. The first-order chi connectivity index (χ1) is 46.3. The Balaban J connectivity index is 5.15. The van der Waals surface area contributed by atoms with Gasteiger partial charge in [-0.2, -0.15) is 0 Å². The van der Waals surface area contributed by atoms with Gasteiger partial charge in [0.25, 0.3) is 0 Å². The zero-order valence-corrected chi connectivity index (χ0v) is 64.6. The molecule has 0 aliphatic carbocycles. The molecule has 0 saturated heterocycles. The van der Waals surface area contributed by atoms with Crippen LogP contribution in [0.5, 0.6) is 0 Å². The van der Waals surface area contributed by atoms with Crippen LogP contribution in [0.4, 0.5) is 0 Å². The number of esters is 4. The second-order valence-corrected chi connectivity index (χ2v) is 31.6. The molecule has 0 rings (SSSR count). The molecule has 0 aromatic heterocycles. The minimum Gasteiger partial charge on any atom is -0.462 e. The molecule has 0 aromatic rings. The Kier molecular flexibility index (Phi) is 66.2. The minimum absolute atomic E-state index is 0.103. The first-order valence-electron chi connectivity index (χ1n) is 39.9. The Hall–Kier alpha value is -1.94. The molecule has 17 nitrogen and oxygen atoms in total. The third-order valence-corrected chi connectivity index (χ3v) is 20.5. The predicted octanol–water partition coefficient (Wildman–Crippen LogP) is 22.6. The van der Waals surface area contributed by atoms with Gasteiger partial charge in [-0.1, -0.05) is 344 Å². The number of aliphatic hydroxyl groups excluding tert-OH is 1. The van der Waals surface area contributed by atoms with Crippen molar-refractivity contribution in [2.45, 2.75) is 414 Å². The van der Waals surface area contributed by atoms with Crippen LogP contribution < -0.4 is 0 Å². The minimum atomic E-state index is -4.96. The Morgan fingerprint density at radius 1 is 0.302 bits per heavy atom. The molecule has 0 amide bonds. The quantitative estimate of drug-likeness (QED) is 0.0222. The summed E-state index contributed by atoms with van der Waals surface area (Å²) in [5.41, 5.74) is 0. The molecule has 0 aliphatic rings. The summed E-state index contributed by atoms with van der Waals surface area (Å²) in [7, 11) is -9.91. The monoisotopic (exact) mass is 1410 g/mol. The molecule has 0 aliphatic heterocycles. The average molecular weight is 1410 g/mol. The van der Waals surface area contributed by atoms with Crippen LogP contribution in [-0.4, -0.2) is 96.7 Å². The van der Waals surface area contributed by atoms with Gasteiger partial charge in [-0.3, -0.25) is 37.3 Å². The Morgan fingerprint density at radius 3 is 0.792 bits per heavy atom. The van der Waals surface area contributed by atoms with E-state index in [2.05, 4.69) is 48.5 Å². The number of hydrogen-bond acceptors (Lipinski definition) is 15. The smallest absolute Gasteiger partial charge is 0.462 e. The van der Waals surface area contributed by atoms with Gasteiger partial charge >= 0.3 is 39.5 Å². The van der Waals surface area contributed by atoms with Gasteiger partial charge in [0.2, 0.25) is 0 Å². The highest BCUT2D eigenvalue weighted by molar-refractivity contribution is 7.47. The van der Waals surface area contributed by atoms with Gasteiger partial charge in [-0.15, -0.1) is 0 Å². The third kappa shape index (κ3) is 67.9. The lowest BCUT2D eigenvalue weighted by Crippen LogP contribution is -2.30. The lowest BCUT2D eigenvalue weighted by Gasteiger charge is -2.21. The Morgan fingerprint density at radius 2 is 0.531 bits per heavy atom. The van der Waals surface area contributed by atoms with Crippen LogP contribution in [0, 0.1) is 17.8 Å². The lowest BCUT2D eigenvalue weighted by atomic mass is 9.99. The summed E-state index contributed by atoms with van der Waals surface area (Å²) in [6.07, 6.45) is 54.4. The maximum atomic E-state index is 13.1. The van der Waals surface area contributed by atoms with Crippen LogP contribution in [0.15, 0.2) is 0 Å². The second-order valence-electron chi connectivity index (χ2n) is 28.7. The van der Waals surface area contributed by atoms with E-state index in [1.807, 2.05) is 0 Å². The summed E-state index contributed by atoms with van der Waals surface area (Å²) in [6.45, 7) is 11.9. The highest BCUT2D eigenvalue weighted by Gasteiger charge is 2.30. The highest BCUT2D eigenvalue weighted by atomic mass is 31.2. The fourth-order valence-corrected chi connectivity index (χ4v) is 13.3. The molecular weight excluding hydrogens is 1260 g/mol. The molecule has 570 valence electrons. The molecule has 96 heavy (non-hydrogen) atoms. The number of aliphatic hydroxyl groups is 1. The van der Waals surface area contributed by atoms with E-state index < -0.39 is 97.5 Å². The van der Waals surface area contributed by atoms with Crippen molar-refractivity contribution in [3.05, 3.63) is 0 Å². The number of hydrogen-bond donors (Lipinski definition) is 3. The van der Waals surface area contributed by atoms with E-state index in [0.717, 1.165) is 120 Å². The van der Waals surface area contributed by atoms with Gasteiger partial charge in [-0.25, -0.2) is 9.13 Å². The van der Waals surface area contributed by atoms with Crippen LogP contribution in [0.25, 0.3) is 0 Å². The molecule has 0 fully saturated rings. The maximum absolute atomic E-state index is 13.1.